The second-order valence-electron chi connectivity index (χ2n) is 13.1. The minimum atomic E-state index is -0.831. The lowest BCUT2D eigenvalue weighted by atomic mass is 9.31. The molecule has 37 heavy (non-hydrogen) atoms. The van der Waals surface area contributed by atoms with Crippen molar-refractivity contribution < 1.29 is 24.1 Å². The molecule has 2 aliphatic heterocycles. The molecule has 2 spiro atoms. The van der Waals surface area contributed by atoms with Gasteiger partial charge >= 0.3 is 0 Å². The molecule has 0 amide bonds. The molecule has 2 heterocycles. The summed E-state index contributed by atoms with van der Waals surface area (Å²) < 4.78 is 27.3. The van der Waals surface area contributed by atoms with Gasteiger partial charge in [0.05, 0.1) is 6.10 Å². The molecule has 5 nitrogen and oxygen atoms in total. The van der Waals surface area contributed by atoms with E-state index >= 15 is 0 Å². The van der Waals surface area contributed by atoms with Crippen molar-refractivity contribution in [3.63, 3.8) is 0 Å². The lowest BCUT2D eigenvalue weighted by molar-refractivity contribution is -0.324. The molecular formula is C31H36FNO4. The molecule has 0 aromatic heterocycles. The minimum Gasteiger partial charge on any atom is -0.504 e. The maximum atomic E-state index is 13.8. The third kappa shape index (κ3) is 2.47. The number of methoxy groups -OCH3 is 1. The van der Waals surface area contributed by atoms with Crippen molar-refractivity contribution in [2.75, 3.05) is 20.2 Å². The number of rotatable bonds is 5. The molecule has 2 N–H and O–H groups in total. The smallest absolute Gasteiger partial charge is 0.165 e. The van der Waals surface area contributed by atoms with E-state index in [1.807, 2.05) is 0 Å². The van der Waals surface area contributed by atoms with Gasteiger partial charge in [0.2, 0.25) is 0 Å². The maximum Gasteiger partial charge on any atom is 0.165 e. The zero-order valence-electron chi connectivity index (χ0n) is 21.7. The number of aliphatic hydroxyl groups excluding tert-OH is 1. The molecule has 2 aromatic rings. The summed E-state index contributed by atoms with van der Waals surface area (Å²) in [6.07, 6.45) is 6.10. The number of fused-ring (bicyclic) bond motifs is 2. The standard InChI is InChI=1S/C31H36FNO4/c1-28(26(35)19-5-8-21(32)9-6-19)17-29-11-12-31(28,36-2)27-30(29)13-14-33(16-18-3-4-18)23(29)15-20-7-10-22(34)25(37-27)24(20)30/h5-10,18,23,26-27,34-35H,3-4,11-17H2,1-2H3/t23-,26+,27-,28-,29-,30+,31+/m1/s1. The topological polar surface area (TPSA) is 62.2 Å². The first kappa shape index (κ1) is 22.8. The van der Waals surface area contributed by atoms with Crippen molar-refractivity contribution in [2.24, 2.45) is 16.7 Å². The Bertz CT molecular complexity index is 1290. The van der Waals surface area contributed by atoms with Crippen molar-refractivity contribution in [1.82, 2.24) is 4.90 Å². The van der Waals surface area contributed by atoms with Crippen LogP contribution >= 0.6 is 0 Å². The average molecular weight is 506 g/mol. The van der Waals surface area contributed by atoms with Crippen LogP contribution in [0.25, 0.3) is 0 Å². The van der Waals surface area contributed by atoms with Crippen LogP contribution in [0.5, 0.6) is 11.5 Å². The molecule has 2 aromatic carbocycles. The zero-order valence-corrected chi connectivity index (χ0v) is 21.7. The van der Waals surface area contributed by atoms with E-state index in [2.05, 4.69) is 17.9 Å². The molecule has 5 aliphatic carbocycles. The maximum absolute atomic E-state index is 13.8. The third-order valence-electron chi connectivity index (χ3n) is 11.9. The van der Waals surface area contributed by atoms with Gasteiger partial charge in [-0.2, -0.15) is 0 Å². The predicted molar refractivity (Wildman–Crippen MR) is 136 cm³/mol. The highest BCUT2D eigenvalue weighted by molar-refractivity contribution is 5.63. The number of ether oxygens (including phenoxy) is 2. The molecular weight excluding hydrogens is 469 g/mol. The van der Waals surface area contributed by atoms with Gasteiger partial charge in [-0.15, -0.1) is 0 Å². The van der Waals surface area contributed by atoms with E-state index in [0.29, 0.717) is 17.4 Å². The first-order valence-electron chi connectivity index (χ1n) is 14.0. The molecule has 1 saturated heterocycles. The molecule has 196 valence electrons. The Labute approximate surface area is 217 Å². The van der Waals surface area contributed by atoms with Crippen LogP contribution in [0.2, 0.25) is 0 Å². The van der Waals surface area contributed by atoms with Crippen LogP contribution in [0, 0.1) is 22.6 Å². The second kappa shape index (κ2) is 7.08. The largest absolute Gasteiger partial charge is 0.504 e. The van der Waals surface area contributed by atoms with Crippen molar-refractivity contribution in [2.45, 2.75) is 81.1 Å². The Hall–Kier alpha value is -2.15. The monoisotopic (exact) mass is 505 g/mol. The fourth-order valence-corrected chi connectivity index (χ4v) is 10.2. The van der Waals surface area contributed by atoms with Gasteiger partial charge in [-0.1, -0.05) is 25.1 Å². The number of phenolic OH excluding ortho intramolecular Hbond substituents is 1. The van der Waals surface area contributed by atoms with E-state index in [0.717, 1.165) is 51.1 Å². The fourth-order valence-electron chi connectivity index (χ4n) is 10.2. The summed E-state index contributed by atoms with van der Waals surface area (Å²) >= 11 is 0. The first-order valence-corrected chi connectivity index (χ1v) is 14.0. The van der Waals surface area contributed by atoms with Crippen LogP contribution in [-0.2, 0) is 16.6 Å². The van der Waals surface area contributed by atoms with Gasteiger partial charge in [-0.3, -0.25) is 4.90 Å². The van der Waals surface area contributed by atoms with Gasteiger partial charge in [0.1, 0.15) is 17.5 Å². The van der Waals surface area contributed by atoms with Crippen LogP contribution in [-0.4, -0.2) is 53.1 Å². The predicted octanol–water partition coefficient (Wildman–Crippen LogP) is 4.88. The fraction of sp³-hybridized carbons (Fsp3) is 0.613. The Morgan fingerprint density at radius 1 is 1.14 bits per heavy atom. The molecule has 4 saturated carbocycles. The Morgan fingerprint density at radius 2 is 1.92 bits per heavy atom. The summed E-state index contributed by atoms with van der Waals surface area (Å²) in [6.45, 7) is 4.36. The number of halogens is 1. The summed E-state index contributed by atoms with van der Waals surface area (Å²) in [6, 6.07) is 10.6. The van der Waals surface area contributed by atoms with Crippen LogP contribution in [0.3, 0.4) is 0 Å². The molecule has 0 radical (unpaired) electrons. The van der Waals surface area contributed by atoms with Crippen molar-refractivity contribution in [3.8, 4) is 11.5 Å². The number of aliphatic hydroxyl groups is 1. The highest BCUT2D eigenvalue weighted by Gasteiger charge is 2.84. The Morgan fingerprint density at radius 3 is 2.65 bits per heavy atom. The van der Waals surface area contributed by atoms with Crippen molar-refractivity contribution in [3.05, 3.63) is 58.9 Å². The zero-order chi connectivity index (χ0) is 25.4. The Balaban J connectivity index is 1.35. The molecule has 4 bridgehead atoms. The Kier molecular flexibility index (Phi) is 4.36. The summed E-state index contributed by atoms with van der Waals surface area (Å²) in [7, 11) is 1.76. The number of likely N-dealkylation sites (tertiary alicyclic amines) is 1. The van der Waals surface area contributed by atoms with Crippen LogP contribution in [0.1, 0.15) is 68.2 Å². The van der Waals surface area contributed by atoms with E-state index in [9.17, 15) is 14.6 Å². The van der Waals surface area contributed by atoms with Crippen LogP contribution in [0.15, 0.2) is 36.4 Å². The molecule has 6 heteroatoms. The first-order chi connectivity index (χ1) is 17.8. The number of aromatic hydroxyl groups is 1. The summed E-state index contributed by atoms with van der Waals surface area (Å²) in [5.41, 5.74) is 1.52. The van der Waals surface area contributed by atoms with E-state index < -0.39 is 17.1 Å². The lowest BCUT2D eigenvalue weighted by Gasteiger charge is -2.76. The average Bonchev–Trinajstić information content (AvgIpc) is 3.64. The molecule has 0 unspecified atom stereocenters. The van der Waals surface area contributed by atoms with E-state index in [1.54, 1.807) is 25.3 Å². The minimum absolute atomic E-state index is 0.0904. The normalized spacial score (nSPS) is 41.8. The van der Waals surface area contributed by atoms with Gasteiger partial charge in [-0.05, 0) is 86.7 Å². The van der Waals surface area contributed by atoms with Crippen molar-refractivity contribution >= 4 is 0 Å². The summed E-state index contributed by atoms with van der Waals surface area (Å²) in [5.74, 6) is 1.35. The molecule has 7 atom stereocenters. The second-order valence-corrected chi connectivity index (χ2v) is 13.1. The summed E-state index contributed by atoms with van der Waals surface area (Å²) in [5, 5.41) is 23.1. The highest BCUT2D eigenvalue weighted by atomic mass is 19.1. The number of benzene rings is 2. The van der Waals surface area contributed by atoms with E-state index in [-0.39, 0.29) is 28.5 Å². The van der Waals surface area contributed by atoms with E-state index in [4.69, 9.17) is 9.47 Å². The van der Waals surface area contributed by atoms with Gasteiger partial charge in [0, 0.05) is 41.5 Å². The number of nitrogens with zero attached hydrogens (tertiary/aromatic N) is 1. The molecule has 7 aliphatic rings. The molecule has 9 rings (SSSR count). The molecule has 5 fully saturated rings. The van der Waals surface area contributed by atoms with Crippen LogP contribution < -0.4 is 4.74 Å². The van der Waals surface area contributed by atoms with Gasteiger partial charge in [-0.25, -0.2) is 4.39 Å². The number of piperidine rings is 1. The van der Waals surface area contributed by atoms with Gasteiger partial charge in [0.25, 0.3) is 0 Å². The SMILES string of the molecule is CO[C@]12CC[C@@]3(C[C@]1(C)[C@@H](O)c1ccc(F)cc1)[C@H]1Cc4ccc(O)c5c4[C@@]3(CCN1CC1CC1)[C@H]2O5. The number of hydrogen-bond donors (Lipinski definition) is 2. The van der Waals surface area contributed by atoms with Crippen molar-refractivity contribution in [1.29, 1.82) is 0 Å². The van der Waals surface area contributed by atoms with E-state index in [1.165, 1.54) is 36.1 Å². The van der Waals surface area contributed by atoms with Gasteiger partial charge < -0.3 is 19.7 Å². The number of phenols is 1. The highest BCUT2D eigenvalue weighted by Crippen LogP contribution is 2.80. The number of hydrogen-bond acceptors (Lipinski definition) is 5. The van der Waals surface area contributed by atoms with Gasteiger partial charge in [0.15, 0.2) is 11.5 Å². The summed E-state index contributed by atoms with van der Waals surface area (Å²) in [4.78, 5) is 2.77. The van der Waals surface area contributed by atoms with Crippen LogP contribution in [0.4, 0.5) is 4.39 Å². The quantitative estimate of drug-likeness (QED) is 0.607. The lowest BCUT2D eigenvalue weighted by Crippen LogP contribution is -2.83. The third-order valence-corrected chi connectivity index (χ3v) is 11.9.